The largest absolute Gasteiger partial charge is 0.375 e. The monoisotopic (exact) mass is 253 g/mol. The number of aliphatic imine (C=N–C) groups is 1. The van der Waals surface area contributed by atoms with Crippen molar-refractivity contribution in [2.45, 2.75) is 19.9 Å². The Labute approximate surface area is 104 Å². The summed E-state index contributed by atoms with van der Waals surface area (Å²) in [6.07, 6.45) is 0. The van der Waals surface area contributed by atoms with E-state index >= 15 is 0 Å². The molecule has 0 saturated heterocycles. The van der Waals surface area contributed by atoms with Crippen LogP contribution < -0.4 is 5.32 Å². The van der Waals surface area contributed by atoms with Crippen LogP contribution in [0.25, 0.3) is 0 Å². The minimum atomic E-state index is -0.428. The quantitative estimate of drug-likeness (QED) is 0.618. The second-order valence-corrected chi connectivity index (χ2v) is 4.51. The molecule has 0 amide bonds. The van der Waals surface area contributed by atoms with E-state index in [0.29, 0.717) is 22.8 Å². The Morgan fingerprint density at radius 2 is 2.29 bits per heavy atom. The summed E-state index contributed by atoms with van der Waals surface area (Å²) in [5, 5.41) is 14.5. The zero-order valence-electron chi connectivity index (χ0n) is 9.53. The Hall–Kier alpha value is -1.62. The first-order valence-corrected chi connectivity index (χ1v) is 5.62. The second kappa shape index (κ2) is 4.33. The van der Waals surface area contributed by atoms with E-state index in [-0.39, 0.29) is 11.7 Å². The van der Waals surface area contributed by atoms with Gasteiger partial charge in [0, 0.05) is 28.4 Å². The van der Waals surface area contributed by atoms with E-state index in [4.69, 9.17) is 11.6 Å². The third-order valence-electron chi connectivity index (χ3n) is 2.66. The van der Waals surface area contributed by atoms with Gasteiger partial charge in [0.1, 0.15) is 5.69 Å². The van der Waals surface area contributed by atoms with Gasteiger partial charge < -0.3 is 5.32 Å². The van der Waals surface area contributed by atoms with E-state index in [2.05, 4.69) is 10.3 Å². The number of hydrogen-bond acceptors (Lipinski definition) is 4. The van der Waals surface area contributed by atoms with Crippen molar-refractivity contribution in [3.05, 3.63) is 32.8 Å². The fourth-order valence-corrected chi connectivity index (χ4v) is 2.04. The molecular weight excluding hydrogens is 242 g/mol. The van der Waals surface area contributed by atoms with Crippen LogP contribution in [0.1, 0.15) is 19.4 Å². The standard InChI is InChI=1S/C11H12ClN3O2/c1-6-5-13-7(2)9-3-8(12)4-10(15(16)17)11(9)14-6/h3-4,6,14H,5H2,1-2H3/t6-/m0/s1. The van der Waals surface area contributed by atoms with Crippen molar-refractivity contribution in [3.8, 4) is 0 Å². The SMILES string of the molecule is CC1=NC[C@H](C)Nc2c1cc(Cl)cc2[N+](=O)[O-]. The minimum Gasteiger partial charge on any atom is -0.375 e. The molecule has 1 atom stereocenters. The number of hydrogen-bond donors (Lipinski definition) is 1. The Balaban J connectivity index is 2.68. The van der Waals surface area contributed by atoms with Crippen LogP contribution in [0, 0.1) is 10.1 Å². The fraction of sp³-hybridized carbons (Fsp3) is 0.364. The van der Waals surface area contributed by atoms with Gasteiger partial charge in [0.05, 0.1) is 11.5 Å². The number of benzene rings is 1. The summed E-state index contributed by atoms with van der Waals surface area (Å²) >= 11 is 5.89. The Morgan fingerprint density at radius 1 is 1.59 bits per heavy atom. The van der Waals surface area contributed by atoms with Crippen LogP contribution in [0.3, 0.4) is 0 Å². The summed E-state index contributed by atoms with van der Waals surface area (Å²) in [4.78, 5) is 15.0. The summed E-state index contributed by atoms with van der Waals surface area (Å²) in [6, 6.07) is 3.12. The molecule has 1 aliphatic rings. The molecule has 1 aromatic rings. The lowest BCUT2D eigenvalue weighted by atomic mass is 10.1. The van der Waals surface area contributed by atoms with Crippen LogP contribution in [0.15, 0.2) is 17.1 Å². The number of nitro groups is 1. The molecule has 17 heavy (non-hydrogen) atoms. The van der Waals surface area contributed by atoms with Crippen molar-refractivity contribution in [3.63, 3.8) is 0 Å². The molecule has 2 rings (SSSR count). The summed E-state index contributed by atoms with van der Waals surface area (Å²) < 4.78 is 0. The first-order chi connectivity index (χ1) is 7.99. The maximum atomic E-state index is 11.0. The molecule has 6 heteroatoms. The number of nitro benzene ring substituents is 1. The summed E-state index contributed by atoms with van der Waals surface area (Å²) in [5.74, 6) is 0. The minimum absolute atomic E-state index is 0.00389. The molecule has 0 fully saturated rings. The van der Waals surface area contributed by atoms with Crippen molar-refractivity contribution in [1.82, 2.24) is 0 Å². The summed E-state index contributed by atoms with van der Waals surface area (Å²) in [6.45, 7) is 4.36. The molecule has 0 saturated carbocycles. The van der Waals surface area contributed by atoms with Gasteiger partial charge in [0.25, 0.3) is 5.69 Å². The van der Waals surface area contributed by atoms with Crippen molar-refractivity contribution < 1.29 is 4.92 Å². The van der Waals surface area contributed by atoms with Gasteiger partial charge in [-0.1, -0.05) is 11.6 Å². The van der Waals surface area contributed by atoms with E-state index in [1.54, 1.807) is 6.07 Å². The molecule has 0 radical (unpaired) electrons. The van der Waals surface area contributed by atoms with Crippen molar-refractivity contribution in [2.24, 2.45) is 4.99 Å². The van der Waals surface area contributed by atoms with Gasteiger partial charge in [-0.25, -0.2) is 0 Å². The molecule has 0 spiro atoms. The number of nitrogens with one attached hydrogen (secondary N) is 1. The van der Waals surface area contributed by atoms with Gasteiger partial charge in [-0.3, -0.25) is 15.1 Å². The van der Waals surface area contributed by atoms with Crippen LogP contribution in [0.2, 0.25) is 5.02 Å². The molecule has 90 valence electrons. The summed E-state index contributed by atoms with van der Waals surface area (Å²) in [5.41, 5.74) is 1.97. The molecule has 0 aliphatic carbocycles. The highest BCUT2D eigenvalue weighted by Gasteiger charge is 2.23. The molecule has 1 heterocycles. The Morgan fingerprint density at radius 3 is 2.94 bits per heavy atom. The fourth-order valence-electron chi connectivity index (χ4n) is 1.82. The molecular formula is C11H12ClN3O2. The first-order valence-electron chi connectivity index (χ1n) is 5.25. The predicted molar refractivity (Wildman–Crippen MR) is 68.3 cm³/mol. The first kappa shape index (κ1) is 11.9. The van der Waals surface area contributed by atoms with Crippen molar-refractivity contribution in [1.29, 1.82) is 0 Å². The number of halogens is 1. The zero-order chi connectivity index (χ0) is 12.6. The van der Waals surface area contributed by atoms with Crippen LogP contribution in [-0.2, 0) is 0 Å². The molecule has 0 bridgehead atoms. The third-order valence-corrected chi connectivity index (χ3v) is 2.88. The van der Waals surface area contributed by atoms with Crippen LogP contribution >= 0.6 is 11.6 Å². The third kappa shape index (κ3) is 2.24. The maximum absolute atomic E-state index is 11.0. The summed E-state index contributed by atoms with van der Waals surface area (Å²) in [7, 11) is 0. The lowest BCUT2D eigenvalue weighted by Gasteiger charge is -2.13. The van der Waals surface area contributed by atoms with Crippen LogP contribution in [-0.4, -0.2) is 23.2 Å². The maximum Gasteiger partial charge on any atom is 0.294 e. The normalized spacial score (nSPS) is 18.8. The lowest BCUT2D eigenvalue weighted by Crippen LogP contribution is -2.18. The zero-order valence-corrected chi connectivity index (χ0v) is 10.3. The highest BCUT2D eigenvalue weighted by atomic mass is 35.5. The molecule has 5 nitrogen and oxygen atoms in total. The predicted octanol–water partition coefficient (Wildman–Crippen LogP) is 2.87. The van der Waals surface area contributed by atoms with Gasteiger partial charge >= 0.3 is 0 Å². The highest BCUT2D eigenvalue weighted by Crippen LogP contribution is 2.34. The lowest BCUT2D eigenvalue weighted by molar-refractivity contribution is -0.384. The molecule has 0 aromatic heterocycles. The molecule has 1 aliphatic heterocycles. The average molecular weight is 254 g/mol. The number of rotatable bonds is 1. The van der Waals surface area contributed by atoms with Gasteiger partial charge in [-0.05, 0) is 19.9 Å². The van der Waals surface area contributed by atoms with Gasteiger partial charge in [0.2, 0.25) is 0 Å². The van der Waals surface area contributed by atoms with Gasteiger partial charge in [-0.2, -0.15) is 0 Å². The van der Waals surface area contributed by atoms with Crippen molar-refractivity contribution in [2.75, 3.05) is 11.9 Å². The number of nitrogens with zero attached hydrogens (tertiary/aromatic N) is 2. The Bertz CT molecular complexity index is 514. The van der Waals surface area contributed by atoms with Crippen molar-refractivity contribution >= 4 is 28.7 Å². The van der Waals surface area contributed by atoms with Crippen LogP contribution in [0.5, 0.6) is 0 Å². The smallest absolute Gasteiger partial charge is 0.294 e. The molecule has 0 unspecified atom stereocenters. The Kier molecular flexibility index (Phi) is 3.02. The molecule has 1 aromatic carbocycles. The van der Waals surface area contributed by atoms with E-state index < -0.39 is 4.92 Å². The molecule has 1 N–H and O–H groups in total. The van der Waals surface area contributed by atoms with Gasteiger partial charge in [-0.15, -0.1) is 0 Å². The van der Waals surface area contributed by atoms with E-state index in [1.807, 2.05) is 13.8 Å². The average Bonchev–Trinajstić information content (AvgIpc) is 2.39. The van der Waals surface area contributed by atoms with E-state index in [0.717, 1.165) is 5.71 Å². The van der Waals surface area contributed by atoms with E-state index in [1.165, 1.54) is 6.07 Å². The number of fused-ring (bicyclic) bond motifs is 1. The number of anilines is 1. The van der Waals surface area contributed by atoms with Gasteiger partial charge in [0.15, 0.2) is 0 Å². The highest BCUT2D eigenvalue weighted by molar-refractivity contribution is 6.31. The topological polar surface area (TPSA) is 67.5 Å². The van der Waals surface area contributed by atoms with E-state index in [9.17, 15) is 10.1 Å². The van der Waals surface area contributed by atoms with Crippen LogP contribution in [0.4, 0.5) is 11.4 Å². The second-order valence-electron chi connectivity index (χ2n) is 4.08. The number of benzodiazepines with no additional fused rings is 1.